The lowest BCUT2D eigenvalue weighted by atomic mass is 10.1. The molecule has 1 aliphatic heterocycles. The van der Waals surface area contributed by atoms with E-state index < -0.39 is 0 Å². The van der Waals surface area contributed by atoms with Crippen LogP contribution < -0.4 is 10.6 Å². The van der Waals surface area contributed by atoms with Gasteiger partial charge in [0.15, 0.2) is 0 Å². The van der Waals surface area contributed by atoms with Crippen molar-refractivity contribution in [3.8, 4) is 0 Å². The Hall–Kier alpha value is -2.70. The maximum atomic E-state index is 12.3. The number of carbonyl (C=O) groups is 2. The van der Waals surface area contributed by atoms with Crippen LogP contribution in [0.1, 0.15) is 29.3 Å². The van der Waals surface area contributed by atoms with E-state index >= 15 is 0 Å². The lowest BCUT2D eigenvalue weighted by molar-refractivity contribution is -0.122. The fourth-order valence-electron chi connectivity index (χ4n) is 3.41. The third-order valence-electron chi connectivity index (χ3n) is 4.90. The van der Waals surface area contributed by atoms with E-state index in [1.165, 1.54) is 5.56 Å². The van der Waals surface area contributed by atoms with E-state index in [4.69, 9.17) is 4.74 Å². The summed E-state index contributed by atoms with van der Waals surface area (Å²) >= 11 is 0. The fraction of sp³-hybridized carbons (Fsp3) is 0.391. The van der Waals surface area contributed by atoms with Crippen LogP contribution in [0, 0.1) is 0 Å². The van der Waals surface area contributed by atoms with E-state index in [1.54, 1.807) is 12.1 Å². The first kappa shape index (κ1) is 21.0. The van der Waals surface area contributed by atoms with Crippen LogP contribution >= 0.6 is 0 Å². The highest BCUT2D eigenvalue weighted by molar-refractivity contribution is 5.94. The molecule has 0 saturated carbocycles. The first-order valence-electron chi connectivity index (χ1n) is 10.1. The van der Waals surface area contributed by atoms with Gasteiger partial charge in [-0.1, -0.05) is 48.5 Å². The molecule has 3 rings (SSSR count). The van der Waals surface area contributed by atoms with Crippen molar-refractivity contribution in [3.05, 3.63) is 71.8 Å². The Morgan fingerprint density at radius 1 is 1.10 bits per heavy atom. The van der Waals surface area contributed by atoms with Gasteiger partial charge in [0.05, 0.1) is 12.7 Å². The molecule has 0 spiro atoms. The third-order valence-corrected chi connectivity index (χ3v) is 4.90. The first-order chi connectivity index (χ1) is 14.1. The fourth-order valence-corrected chi connectivity index (χ4v) is 3.41. The maximum absolute atomic E-state index is 12.3. The number of rotatable bonds is 8. The van der Waals surface area contributed by atoms with Crippen molar-refractivity contribution in [1.29, 1.82) is 0 Å². The summed E-state index contributed by atoms with van der Waals surface area (Å²) in [6, 6.07) is 19.1. The molecule has 29 heavy (non-hydrogen) atoms. The molecular formula is C23H29N3O3. The molecule has 6 heteroatoms. The summed E-state index contributed by atoms with van der Waals surface area (Å²) in [7, 11) is 0. The number of morpholine rings is 1. The second-order valence-electron chi connectivity index (χ2n) is 7.46. The molecule has 2 amide bonds. The lowest BCUT2D eigenvalue weighted by Crippen LogP contribution is -2.47. The molecule has 154 valence electrons. The molecule has 1 heterocycles. The van der Waals surface area contributed by atoms with Gasteiger partial charge < -0.3 is 15.4 Å². The number of benzene rings is 2. The topological polar surface area (TPSA) is 70.7 Å². The van der Waals surface area contributed by atoms with Crippen molar-refractivity contribution < 1.29 is 14.3 Å². The Morgan fingerprint density at radius 3 is 2.52 bits per heavy atom. The Kier molecular flexibility index (Phi) is 7.78. The van der Waals surface area contributed by atoms with Gasteiger partial charge in [0, 0.05) is 44.2 Å². The van der Waals surface area contributed by atoms with Crippen molar-refractivity contribution >= 4 is 11.8 Å². The van der Waals surface area contributed by atoms with Crippen LogP contribution in [-0.4, -0.2) is 55.1 Å². The van der Waals surface area contributed by atoms with Gasteiger partial charge in [-0.3, -0.25) is 14.5 Å². The SMILES string of the molecule is CC(CC(=O)NCC1CN(Cc2ccccc2)CCO1)NC(=O)c1ccccc1. The van der Waals surface area contributed by atoms with Crippen LogP contribution in [0.3, 0.4) is 0 Å². The minimum atomic E-state index is -0.246. The van der Waals surface area contributed by atoms with Crippen LogP contribution in [0.5, 0.6) is 0 Å². The van der Waals surface area contributed by atoms with Gasteiger partial charge in [-0.05, 0) is 24.6 Å². The number of hydrogen-bond donors (Lipinski definition) is 2. The number of nitrogens with one attached hydrogen (secondary N) is 2. The minimum Gasteiger partial charge on any atom is -0.374 e. The van der Waals surface area contributed by atoms with E-state index in [9.17, 15) is 9.59 Å². The summed E-state index contributed by atoms with van der Waals surface area (Å²) in [6.45, 7) is 5.54. The van der Waals surface area contributed by atoms with Gasteiger partial charge in [0.1, 0.15) is 0 Å². The Labute approximate surface area is 172 Å². The average molecular weight is 396 g/mol. The predicted molar refractivity (Wildman–Crippen MR) is 112 cm³/mol. The zero-order valence-electron chi connectivity index (χ0n) is 16.8. The summed E-state index contributed by atoms with van der Waals surface area (Å²) in [5.41, 5.74) is 1.87. The molecule has 1 saturated heterocycles. The molecular weight excluding hydrogens is 366 g/mol. The summed E-state index contributed by atoms with van der Waals surface area (Å²) in [5, 5.41) is 5.80. The van der Waals surface area contributed by atoms with Crippen molar-refractivity contribution in [2.24, 2.45) is 0 Å². The number of hydrogen-bond acceptors (Lipinski definition) is 4. The second-order valence-corrected chi connectivity index (χ2v) is 7.46. The monoisotopic (exact) mass is 395 g/mol. The van der Waals surface area contributed by atoms with Crippen LogP contribution in [0.2, 0.25) is 0 Å². The van der Waals surface area contributed by atoms with Crippen LogP contribution in [0.4, 0.5) is 0 Å². The number of nitrogens with zero attached hydrogens (tertiary/aromatic N) is 1. The smallest absolute Gasteiger partial charge is 0.251 e. The summed E-state index contributed by atoms with van der Waals surface area (Å²) in [4.78, 5) is 26.8. The molecule has 0 aromatic heterocycles. The highest BCUT2D eigenvalue weighted by Crippen LogP contribution is 2.10. The third kappa shape index (κ3) is 7.00. The normalized spacial score (nSPS) is 18.0. The quantitative estimate of drug-likeness (QED) is 0.719. The molecule has 2 N–H and O–H groups in total. The van der Waals surface area contributed by atoms with Crippen molar-refractivity contribution in [3.63, 3.8) is 0 Å². The van der Waals surface area contributed by atoms with E-state index in [-0.39, 0.29) is 30.4 Å². The highest BCUT2D eigenvalue weighted by atomic mass is 16.5. The molecule has 2 aromatic rings. The zero-order chi connectivity index (χ0) is 20.5. The molecule has 1 aliphatic rings. The van der Waals surface area contributed by atoms with Crippen LogP contribution in [0.25, 0.3) is 0 Å². The van der Waals surface area contributed by atoms with Gasteiger partial charge in [-0.15, -0.1) is 0 Å². The zero-order valence-corrected chi connectivity index (χ0v) is 16.8. The molecule has 1 fully saturated rings. The summed E-state index contributed by atoms with van der Waals surface area (Å²) in [5.74, 6) is -0.257. The standard InChI is InChI=1S/C23H29N3O3/c1-18(25-23(28)20-10-6-3-7-11-20)14-22(27)24-15-21-17-26(12-13-29-21)16-19-8-4-2-5-9-19/h2-11,18,21H,12-17H2,1H3,(H,24,27)(H,25,28). The van der Waals surface area contributed by atoms with E-state index in [1.807, 2.05) is 43.3 Å². The predicted octanol–water partition coefficient (Wildman–Crippen LogP) is 2.21. The number of carbonyl (C=O) groups excluding carboxylic acids is 2. The molecule has 2 unspecified atom stereocenters. The average Bonchev–Trinajstić information content (AvgIpc) is 2.74. The van der Waals surface area contributed by atoms with Crippen molar-refractivity contribution in [2.45, 2.75) is 32.0 Å². The van der Waals surface area contributed by atoms with Gasteiger partial charge in [0.2, 0.25) is 5.91 Å². The van der Waals surface area contributed by atoms with E-state index in [2.05, 4.69) is 27.7 Å². The van der Waals surface area contributed by atoms with Crippen molar-refractivity contribution in [1.82, 2.24) is 15.5 Å². The van der Waals surface area contributed by atoms with Crippen molar-refractivity contribution in [2.75, 3.05) is 26.2 Å². The molecule has 2 aromatic carbocycles. The Balaban J connectivity index is 1.37. The number of amides is 2. The number of ether oxygens (including phenoxy) is 1. The van der Waals surface area contributed by atoms with E-state index in [0.29, 0.717) is 18.7 Å². The second kappa shape index (κ2) is 10.7. The Bertz CT molecular complexity index is 782. The first-order valence-corrected chi connectivity index (χ1v) is 10.1. The highest BCUT2D eigenvalue weighted by Gasteiger charge is 2.21. The van der Waals surface area contributed by atoms with Gasteiger partial charge in [0.25, 0.3) is 5.91 Å². The molecule has 0 radical (unpaired) electrons. The molecule has 0 aliphatic carbocycles. The largest absolute Gasteiger partial charge is 0.374 e. The summed E-state index contributed by atoms with van der Waals surface area (Å²) < 4.78 is 5.80. The van der Waals surface area contributed by atoms with Crippen LogP contribution in [0.15, 0.2) is 60.7 Å². The maximum Gasteiger partial charge on any atom is 0.251 e. The minimum absolute atomic E-state index is 0.0226. The van der Waals surface area contributed by atoms with Gasteiger partial charge in [-0.25, -0.2) is 0 Å². The molecule has 6 nitrogen and oxygen atoms in total. The lowest BCUT2D eigenvalue weighted by Gasteiger charge is -2.33. The van der Waals surface area contributed by atoms with E-state index in [0.717, 1.165) is 19.6 Å². The molecule has 0 bridgehead atoms. The Morgan fingerprint density at radius 2 is 1.79 bits per heavy atom. The van der Waals surface area contributed by atoms with Gasteiger partial charge >= 0.3 is 0 Å². The van der Waals surface area contributed by atoms with Gasteiger partial charge in [-0.2, -0.15) is 0 Å². The van der Waals surface area contributed by atoms with Crippen LogP contribution in [-0.2, 0) is 16.1 Å². The molecule has 2 atom stereocenters. The summed E-state index contributed by atoms with van der Waals surface area (Å²) in [6.07, 6.45) is 0.213.